The van der Waals surface area contributed by atoms with Crippen molar-refractivity contribution >= 4 is 11.9 Å². The summed E-state index contributed by atoms with van der Waals surface area (Å²) in [6.45, 7) is 5.69. The zero-order valence-corrected chi connectivity index (χ0v) is 14.4. The van der Waals surface area contributed by atoms with Crippen molar-refractivity contribution in [1.82, 2.24) is 5.32 Å². The third-order valence-corrected chi connectivity index (χ3v) is 3.65. The average molecular weight is 337 g/mol. The largest absolute Gasteiger partial charge is 0.480 e. The molecule has 6 nitrogen and oxygen atoms in total. The minimum atomic E-state index is -1.30. The molecule has 0 spiro atoms. The number of aliphatic hydroxyl groups excluding tert-OH is 1. The van der Waals surface area contributed by atoms with Crippen molar-refractivity contribution in [3.8, 4) is 0 Å². The molecule has 1 aromatic rings. The third-order valence-electron chi connectivity index (χ3n) is 3.65. The summed E-state index contributed by atoms with van der Waals surface area (Å²) < 4.78 is 5.03. The monoisotopic (exact) mass is 337 g/mol. The highest BCUT2D eigenvalue weighted by atomic mass is 16.5. The lowest BCUT2D eigenvalue weighted by molar-refractivity contribution is -0.155. The summed E-state index contributed by atoms with van der Waals surface area (Å²) in [5.74, 6) is -2.33. The van der Waals surface area contributed by atoms with E-state index in [9.17, 15) is 19.8 Å². The molecule has 6 heteroatoms. The van der Waals surface area contributed by atoms with Gasteiger partial charge in [-0.1, -0.05) is 44.2 Å². The van der Waals surface area contributed by atoms with Crippen molar-refractivity contribution in [3.63, 3.8) is 0 Å². The predicted molar refractivity (Wildman–Crippen MR) is 90.3 cm³/mol. The summed E-state index contributed by atoms with van der Waals surface area (Å²) in [4.78, 5) is 23.6. The van der Waals surface area contributed by atoms with Gasteiger partial charge in [-0.15, -0.1) is 0 Å². The molecule has 0 bridgehead atoms. The van der Waals surface area contributed by atoms with Crippen LogP contribution in [-0.4, -0.2) is 41.0 Å². The van der Waals surface area contributed by atoms with E-state index in [0.29, 0.717) is 6.42 Å². The van der Waals surface area contributed by atoms with Crippen molar-refractivity contribution in [1.29, 1.82) is 0 Å². The molecule has 0 aliphatic rings. The van der Waals surface area contributed by atoms with Gasteiger partial charge in [-0.05, 0) is 31.2 Å². The van der Waals surface area contributed by atoms with Gasteiger partial charge in [0.2, 0.25) is 0 Å². The first-order chi connectivity index (χ1) is 11.3. The Balaban J connectivity index is 2.87. The van der Waals surface area contributed by atoms with E-state index in [2.05, 4.69) is 5.32 Å². The van der Waals surface area contributed by atoms with Crippen LogP contribution in [0.3, 0.4) is 0 Å². The smallest absolute Gasteiger partial charge is 0.320 e. The van der Waals surface area contributed by atoms with Gasteiger partial charge in [-0.25, -0.2) is 0 Å². The average Bonchev–Trinajstić information content (AvgIpc) is 2.52. The Kier molecular flexibility index (Phi) is 8.43. The van der Waals surface area contributed by atoms with E-state index in [1.165, 1.54) is 0 Å². The molecule has 0 aliphatic carbocycles. The van der Waals surface area contributed by atoms with E-state index >= 15 is 0 Å². The van der Waals surface area contributed by atoms with Crippen LogP contribution in [0.4, 0.5) is 0 Å². The number of esters is 1. The number of carboxylic acids is 1. The van der Waals surface area contributed by atoms with E-state index in [1.807, 2.05) is 44.2 Å². The molecule has 0 radical (unpaired) electrons. The summed E-state index contributed by atoms with van der Waals surface area (Å²) in [5, 5.41) is 22.4. The van der Waals surface area contributed by atoms with Crippen LogP contribution in [0.1, 0.15) is 32.8 Å². The first-order valence-corrected chi connectivity index (χ1v) is 8.22. The quantitative estimate of drug-likeness (QED) is 0.445. The molecule has 3 atom stereocenters. The van der Waals surface area contributed by atoms with Crippen LogP contribution in [0.25, 0.3) is 0 Å². The molecule has 0 saturated carbocycles. The second kappa shape index (κ2) is 10.1. The Bertz CT molecular complexity index is 517. The fourth-order valence-corrected chi connectivity index (χ4v) is 2.48. The maximum atomic E-state index is 12.2. The fourth-order valence-electron chi connectivity index (χ4n) is 2.48. The number of aliphatic hydroxyl groups is 1. The zero-order valence-electron chi connectivity index (χ0n) is 14.4. The molecule has 3 N–H and O–H groups in total. The number of ether oxygens (including phenoxy) is 1. The SMILES string of the molecule is CCOC(=O)C(Cc1ccccc1)C(O)N[C@@H](CC(C)C)C(=O)O. The van der Waals surface area contributed by atoms with Crippen molar-refractivity contribution in [2.45, 2.75) is 45.9 Å². The number of rotatable bonds is 10. The normalized spacial score (nSPS) is 14.9. The Morgan fingerprint density at radius 3 is 2.33 bits per heavy atom. The van der Waals surface area contributed by atoms with Crippen LogP contribution in [0.15, 0.2) is 30.3 Å². The number of hydrogen-bond donors (Lipinski definition) is 3. The molecule has 0 aromatic heterocycles. The predicted octanol–water partition coefficient (Wildman–Crippen LogP) is 1.82. The van der Waals surface area contributed by atoms with Crippen LogP contribution in [0, 0.1) is 11.8 Å². The first-order valence-electron chi connectivity index (χ1n) is 8.22. The standard InChI is InChI=1S/C18H27NO5/c1-4-24-18(23)14(11-13-8-6-5-7-9-13)16(20)19-15(17(21)22)10-12(2)3/h5-9,12,14-16,19-20H,4,10-11H2,1-3H3,(H,21,22)/t14?,15-,16?/m0/s1. The lowest BCUT2D eigenvalue weighted by atomic mass is 9.96. The van der Waals surface area contributed by atoms with E-state index in [1.54, 1.807) is 6.92 Å². The van der Waals surface area contributed by atoms with Gasteiger partial charge in [0.1, 0.15) is 18.2 Å². The highest BCUT2D eigenvalue weighted by Crippen LogP contribution is 2.16. The highest BCUT2D eigenvalue weighted by Gasteiger charge is 2.32. The first kappa shape index (κ1) is 20.1. The number of aliphatic carboxylic acids is 1. The number of carbonyl (C=O) groups excluding carboxylic acids is 1. The fraction of sp³-hybridized carbons (Fsp3) is 0.556. The van der Waals surface area contributed by atoms with Crippen molar-refractivity contribution in [3.05, 3.63) is 35.9 Å². The number of benzene rings is 1. The molecular formula is C18H27NO5. The molecule has 0 fully saturated rings. The van der Waals surface area contributed by atoms with Crippen LogP contribution in [0.2, 0.25) is 0 Å². The van der Waals surface area contributed by atoms with Gasteiger partial charge in [-0.2, -0.15) is 0 Å². The zero-order chi connectivity index (χ0) is 18.1. The van der Waals surface area contributed by atoms with Crippen LogP contribution >= 0.6 is 0 Å². The van der Waals surface area contributed by atoms with Crippen LogP contribution in [0.5, 0.6) is 0 Å². The maximum Gasteiger partial charge on any atom is 0.320 e. The van der Waals surface area contributed by atoms with E-state index in [-0.39, 0.29) is 18.9 Å². The van der Waals surface area contributed by atoms with Crippen molar-refractivity contribution < 1.29 is 24.5 Å². The number of hydrogen-bond acceptors (Lipinski definition) is 5. The molecule has 0 heterocycles. The summed E-state index contributed by atoms with van der Waals surface area (Å²) in [6, 6.07) is 8.32. The van der Waals surface area contributed by atoms with Gasteiger partial charge < -0.3 is 14.9 Å². The van der Waals surface area contributed by atoms with E-state index in [4.69, 9.17) is 4.74 Å². The van der Waals surface area contributed by atoms with Gasteiger partial charge in [0.05, 0.1) is 6.61 Å². The van der Waals surface area contributed by atoms with Crippen molar-refractivity contribution in [2.75, 3.05) is 6.61 Å². The van der Waals surface area contributed by atoms with E-state index in [0.717, 1.165) is 5.56 Å². The second-order valence-electron chi connectivity index (χ2n) is 6.18. The van der Waals surface area contributed by atoms with Crippen LogP contribution in [-0.2, 0) is 20.7 Å². The molecule has 0 saturated heterocycles. The Morgan fingerprint density at radius 2 is 1.83 bits per heavy atom. The number of nitrogens with one attached hydrogen (secondary N) is 1. The Labute approximate surface area is 142 Å². The lowest BCUT2D eigenvalue weighted by Gasteiger charge is -2.26. The minimum absolute atomic E-state index is 0.140. The molecule has 1 aromatic carbocycles. The minimum Gasteiger partial charge on any atom is -0.480 e. The van der Waals surface area contributed by atoms with Gasteiger partial charge in [-0.3, -0.25) is 14.9 Å². The second-order valence-corrected chi connectivity index (χ2v) is 6.18. The van der Waals surface area contributed by atoms with Gasteiger partial charge in [0.25, 0.3) is 0 Å². The topological polar surface area (TPSA) is 95.9 Å². The number of carbonyl (C=O) groups is 2. The van der Waals surface area contributed by atoms with Crippen molar-refractivity contribution in [2.24, 2.45) is 11.8 Å². The van der Waals surface area contributed by atoms with Gasteiger partial charge in [0.15, 0.2) is 0 Å². The summed E-state index contributed by atoms with van der Waals surface area (Å²) in [6.07, 6.45) is -0.682. The number of carboxylic acid groups (broad SMARTS) is 1. The van der Waals surface area contributed by atoms with E-state index < -0.39 is 30.1 Å². The molecular weight excluding hydrogens is 310 g/mol. The Hall–Kier alpha value is -1.92. The molecule has 0 amide bonds. The van der Waals surface area contributed by atoms with Gasteiger partial charge in [0, 0.05) is 0 Å². The van der Waals surface area contributed by atoms with Crippen LogP contribution < -0.4 is 5.32 Å². The summed E-state index contributed by atoms with van der Waals surface area (Å²) in [7, 11) is 0. The Morgan fingerprint density at radius 1 is 1.21 bits per heavy atom. The third kappa shape index (κ3) is 6.68. The highest BCUT2D eigenvalue weighted by molar-refractivity contribution is 5.75. The van der Waals surface area contributed by atoms with Gasteiger partial charge >= 0.3 is 11.9 Å². The lowest BCUT2D eigenvalue weighted by Crippen LogP contribution is -2.50. The molecule has 24 heavy (non-hydrogen) atoms. The molecule has 134 valence electrons. The molecule has 1 rings (SSSR count). The molecule has 0 aliphatic heterocycles. The maximum absolute atomic E-state index is 12.2. The summed E-state index contributed by atoms with van der Waals surface area (Å²) in [5.41, 5.74) is 0.868. The summed E-state index contributed by atoms with van der Waals surface area (Å²) >= 11 is 0. The molecule has 2 unspecified atom stereocenters.